The SMILES string of the molecule is COC(=O)c1sccc1NS(=O)(=O)c1cc(Cl)ccc1Cl. The molecule has 112 valence electrons. The Bertz CT molecular complexity index is 786. The van der Waals surface area contributed by atoms with Gasteiger partial charge in [-0.25, -0.2) is 13.2 Å². The van der Waals surface area contributed by atoms with E-state index in [0.717, 1.165) is 11.3 Å². The van der Waals surface area contributed by atoms with Crippen LogP contribution in [0, 0.1) is 0 Å². The number of methoxy groups -OCH3 is 1. The van der Waals surface area contributed by atoms with Crippen molar-refractivity contribution in [3.05, 3.63) is 44.6 Å². The van der Waals surface area contributed by atoms with Gasteiger partial charge in [0, 0.05) is 5.02 Å². The zero-order valence-electron chi connectivity index (χ0n) is 10.6. The average molecular weight is 366 g/mol. The van der Waals surface area contributed by atoms with E-state index in [2.05, 4.69) is 9.46 Å². The number of carbonyl (C=O) groups excluding carboxylic acids is 1. The minimum Gasteiger partial charge on any atom is -0.465 e. The van der Waals surface area contributed by atoms with E-state index in [4.69, 9.17) is 23.2 Å². The van der Waals surface area contributed by atoms with Crippen molar-refractivity contribution in [3.8, 4) is 0 Å². The number of nitrogens with one attached hydrogen (secondary N) is 1. The highest BCUT2D eigenvalue weighted by Crippen LogP contribution is 2.29. The van der Waals surface area contributed by atoms with Crippen LogP contribution in [0.3, 0.4) is 0 Å². The summed E-state index contributed by atoms with van der Waals surface area (Å²) in [6.07, 6.45) is 0. The van der Waals surface area contributed by atoms with Crippen molar-refractivity contribution >= 4 is 56.2 Å². The second kappa shape index (κ2) is 6.23. The second-order valence-corrected chi connectivity index (χ2v) is 7.25. The van der Waals surface area contributed by atoms with Gasteiger partial charge in [-0.1, -0.05) is 23.2 Å². The first-order valence-corrected chi connectivity index (χ1v) is 8.60. The van der Waals surface area contributed by atoms with E-state index >= 15 is 0 Å². The molecule has 0 fully saturated rings. The van der Waals surface area contributed by atoms with Crippen molar-refractivity contribution in [2.24, 2.45) is 0 Å². The molecule has 0 bridgehead atoms. The van der Waals surface area contributed by atoms with E-state index in [-0.39, 0.29) is 25.5 Å². The van der Waals surface area contributed by atoms with E-state index in [1.54, 1.807) is 5.38 Å². The number of halogens is 2. The predicted octanol–water partition coefficient (Wildman–Crippen LogP) is 3.64. The van der Waals surface area contributed by atoms with E-state index < -0.39 is 16.0 Å². The molecule has 0 spiro atoms. The Balaban J connectivity index is 2.41. The first-order chi connectivity index (χ1) is 9.85. The predicted molar refractivity (Wildman–Crippen MR) is 82.9 cm³/mol. The lowest BCUT2D eigenvalue weighted by molar-refractivity contribution is 0.0607. The minimum atomic E-state index is -3.97. The molecule has 0 saturated carbocycles. The number of ether oxygens (including phenoxy) is 1. The Labute approximate surface area is 135 Å². The zero-order valence-corrected chi connectivity index (χ0v) is 13.7. The van der Waals surface area contributed by atoms with Crippen molar-refractivity contribution in [3.63, 3.8) is 0 Å². The summed E-state index contributed by atoms with van der Waals surface area (Å²) in [5.74, 6) is -0.625. The topological polar surface area (TPSA) is 72.5 Å². The molecule has 1 heterocycles. The van der Waals surface area contributed by atoms with Crippen LogP contribution >= 0.6 is 34.5 Å². The lowest BCUT2D eigenvalue weighted by atomic mass is 10.4. The van der Waals surface area contributed by atoms with Crippen LogP contribution in [0.25, 0.3) is 0 Å². The molecule has 1 aromatic heterocycles. The second-order valence-electron chi connectivity index (χ2n) is 3.84. The first kappa shape index (κ1) is 16.1. The number of sulfonamides is 1. The van der Waals surface area contributed by atoms with Gasteiger partial charge < -0.3 is 4.74 Å². The molecule has 1 aromatic carbocycles. The molecule has 0 aliphatic rings. The van der Waals surface area contributed by atoms with Crippen molar-refractivity contribution in [2.75, 3.05) is 11.8 Å². The lowest BCUT2D eigenvalue weighted by Crippen LogP contribution is -2.15. The number of rotatable bonds is 4. The number of hydrogen-bond acceptors (Lipinski definition) is 5. The average Bonchev–Trinajstić information content (AvgIpc) is 2.87. The minimum absolute atomic E-state index is 0.0294. The third-order valence-electron chi connectivity index (χ3n) is 2.46. The Morgan fingerprint density at radius 2 is 2.00 bits per heavy atom. The number of carbonyl (C=O) groups is 1. The first-order valence-electron chi connectivity index (χ1n) is 5.49. The van der Waals surface area contributed by atoms with Crippen LogP contribution < -0.4 is 4.72 Å². The van der Waals surface area contributed by atoms with E-state index in [1.165, 1.54) is 31.4 Å². The maximum Gasteiger partial charge on any atom is 0.350 e. The quantitative estimate of drug-likeness (QED) is 0.839. The van der Waals surface area contributed by atoms with Crippen molar-refractivity contribution in [2.45, 2.75) is 4.90 Å². The van der Waals surface area contributed by atoms with Gasteiger partial charge in [0.15, 0.2) is 0 Å². The standard InChI is InChI=1S/C12H9Cl2NO4S2/c1-19-12(16)11-9(4-5-20-11)15-21(17,18)10-6-7(13)2-3-8(10)14/h2-6,15H,1H3. The van der Waals surface area contributed by atoms with Crippen LogP contribution in [0.1, 0.15) is 9.67 Å². The van der Waals surface area contributed by atoms with Crippen LogP contribution in [0.15, 0.2) is 34.5 Å². The van der Waals surface area contributed by atoms with Crippen molar-refractivity contribution < 1.29 is 17.9 Å². The summed E-state index contributed by atoms with van der Waals surface area (Å²) in [4.78, 5) is 11.5. The van der Waals surface area contributed by atoms with Gasteiger partial charge in [-0.05, 0) is 29.6 Å². The van der Waals surface area contributed by atoms with Crippen LogP contribution in [-0.4, -0.2) is 21.5 Å². The molecule has 0 saturated heterocycles. The normalized spacial score (nSPS) is 11.2. The smallest absolute Gasteiger partial charge is 0.350 e. The highest BCUT2D eigenvalue weighted by molar-refractivity contribution is 7.92. The Kier molecular flexibility index (Phi) is 4.77. The molecule has 2 aromatic rings. The highest BCUT2D eigenvalue weighted by Gasteiger charge is 2.22. The van der Waals surface area contributed by atoms with Gasteiger partial charge >= 0.3 is 5.97 Å². The van der Waals surface area contributed by atoms with Gasteiger partial charge in [0.2, 0.25) is 0 Å². The van der Waals surface area contributed by atoms with Gasteiger partial charge in [0.25, 0.3) is 10.0 Å². The van der Waals surface area contributed by atoms with Crippen LogP contribution in [0.5, 0.6) is 0 Å². The molecule has 1 N–H and O–H groups in total. The van der Waals surface area contributed by atoms with Gasteiger partial charge in [0.1, 0.15) is 9.77 Å². The van der Waals surface area contributed by atoms with Crippen LogP contribution in [0.4, 0.5) is 5.69 Å². The van der Waals surface area contributed by atoms with Crippen molar-refractivity contribution in [1.82, 2.24) is 0 Å². The summed E-state index contributed by atoms with van der Waals surface area (Å²) in [5, 5.41) is 1.84. The third kappa shape index (κ3) is 3.49. The molecular formula is C12H9Cl2NO4S2. The van der Waals surface area contributed by atoms with E-state index in [1.807, 2.05) is 0 Å². The van der Waals surface area contributed by atoms with Gasteiger partial charge in [0.05, 0.1) is 17.8 Å². The third-order valence-corrected chi connectivity index (χ3v) is 5.44. The molecule has 21 heavy (non-hydrogen) atoms. The van der Waals surface area contributed by atoms with E-state index in [9.17, 15) is 13.2 Å². The molecule has 5 nitrogen and oxygen atoms in total. The molecule has 0 amide bonds. The summed E-state index contributed by atoms with van der Waals surface area (Å²) in [7, 11) is -2.75. The summed E-state index contributed by atoms with van der Waals surface area (Å²) in [6.45, 7) is 0. The van der Waals surface area contributed by atoms with Crippen LogP contribution in [0.2, 0.25) is 10.0 Å². The Morgan fingerprint density at radius 1 is 1.29 bits per heavy atom. The largest absolute Gasteiger partial charge is 0.465 e. The maximum atomic E-state index is 12.3. The van der Waals surface area contributed by atoms with E-state index in [0.29, 0.717) is 0 Å². The highest BCUT2D eigenvalue weighted by atomic mass is 35.5. The molecule has 0 atom stereocenters. The molecular weight excluding hydrogens is 357 g/mol. The lowest BCUT2D eigenvalue weighted by Gasteiger charge is -2.10. The Hall–Kier alpha value is -1.28. The molecule has 2 rings (SSSR count). The molecule has 0 aliphatic carbocycles. The number of thiophene rings is 1. The Morgan fingerprint density at radius 3 is 2.67 bits per heavy atom. The number of anilines is 1. The number of hydrogen-bond donors (Lipinski definition) is 1. The summed E-state index contributed by atoms with van der Waals surface area (Å²) >= 11 is 12.7. The fourth-order valence-electron chi connectivity index (χ4n) is 1.52. The monoisotopic (exact) mass is 365 g/mol. The van der Waals surface area contributed by atoms with Crippen molar-refractivity contribution in [1.29, 1.82) is 0 Å². The summed E-state index contributed by atoms with van der Waals surface area (Å²) in [6, 6.07) is 5.56. The maximum absolute atomic E-state index is 12.3. The zero-order chi connectivity index (χ0) is 15.6. The number of esters is 1. The molecule has 0 aliphatic heterocycles. The van der Waals surface area contributed by atoms with Gasteiger partial charge in [-0.3, -0.25) is 4.72 Å². The summed E-state index contributed by atoms with van der Waals surface area (Å²) in [5.41, 5.74) is 0.128. The van der Waals surface area contributed by atoms with Gasteiger partial charge in [-0.15, -0.1) is 11.3 Å². The molecule has 9 heteroatoms. The fourth-order valence-corrected chi connectivity index (χ4v) is 4.19. The molecule has 0 radical (unpaired) electrons. The summed E-state index contributed by atoms with van der Waals surface area (Å²) < 4.78 is 31.6. The fraction of sp³-hybridized carbons (Fsp3) is 0.0833. The van der Waals surface area contributed by atoms with Gasteiger partial charge in [-0.2, -0.15) is 0 Å². The van der Waals surface area contributed by atoms with Crippen LogP contribution in [-0.2, 0) is 14.8 Å². The molecule has 0 unspecified atom stereocenters. The number of benzene rings is 1.